The fourth-order valence-electron chi connectivity index (χ4n) is 2.20. The first-order valence-corrected chi connectivity index (χ1v) is 5.90. The van der Waals surface area contributed by atoms with Gasteiger partial charge in [-0.15, -0.1) is 0 Å². The molecule has 1 heterocycles. The third kappa shape index (κ3) is 2.61. The quantitative estimate of drug-likeness (QED) is 0.618. The summed E-state index contributed by atoms with van der Waals surface area (Å²) < 4.78 is 0. The fourth-order valence-corrected chi connectivity index (χ4v) is 2.20. The fraction of sp³-hybridized carbons (Fsp3) is 0.545. The van der Waals surface area contributed by atoms with E-state index >= 15 is 0 Å². The first-order valence-electron chi connectivity index (χ1n) is 5.90. The van der Waals surface area contributed by atoms with Crippen molar-refractivity contribution in [3.8, 4) is 0 Å². The molecule has 1 aromatic heterocycles. The van der Waals surface area contributed by atoms with Gasteiger partial charge in [0.25, 0.3) is 5.56 Å². The minimum Gasteiger partial charge on any atom is -0.481 e. The summed E-state index contributed by atoms with van der Waals surface area (Å²) in [7, 11) is 0. The maximum Gasteiger partial charge on any atom is 0.306 e. The number of anilines is 2. The van der Waals surface area contributed by atoms with E-state index in [4.69, 9.17) is 10.8 Å². The third-order valence-corrected chi connectivity index (χ3v) is 3.31. The van der Waals surface area contributed by atoms with E-state index in [0.717, 1.165) is 12.8 Å². The number of nitrogens with two attached hydrogens (primary N) is 1. The van der Waals surface area contributed by atoms with Crippen molar-refractivity contribution in [2.45, 2.75) is 31.7 Å². The molecule has 0 saturated heterocycles. The molecule has 0 bridgehead atoms. The maximum absolute atomic E-state index is 11.3. The van der Waals surface area contributed by atoms with Crippen LogP contribution in [0, 0.1) is 5.92 Å². The molecule has 1 saturated carbocycles. The average Bonchev–Trinajstić information content (AvgIpc) is 2.36. The first-order chi connectivity index (χ1) is 8.58. The van der Waals surface area contributed by atoms with Crippen molar-refractivity contribution in [3.63, 3.8) is 0 Å². The number of hydrogen-bond acceptors (Lipinski definition) is 5. The molecular formula is C11H16N4O3. The Labute approximate surface area is 103 Å². The largest absolute Gasteiger partial charge is 0.481 e. The normalized spacial score (nSPS) is 23.6. The molecule has 0 aromatic carbocycles. The summed E-state index contributed by atoms with van der Waals surface area (Å²) in [4.78, 5) is 28.5. The molecule has 98 valence electrons. The predicted octanol–water partition coefficient (Wildman–Crippen LogP) is 0.407. The summed E-state index contributed by atoms with van der Waals surface area (Å²) in [6, 6.07) is 0.122. The minimum atomic E-state index is -0.734. The second-order valence-electron chi connectivity index (χ2n) is 4.53. The molecule has 7 nitrogen and oxygen atoms in total. The molecule has 0 aliphatic heterocycles. The Morgan fingerprint density at radius 3 is 2.72 bits per heavy atom. The molecule has 7 heteroatoms. The van der Waals surface area contributed by atoms with E-state index in [0.29, 0.717) is 18.7 Å². The Kier molecular flexibility index (Phi) is 3.50. The van der Waals surface area contributed by atoms with Crippen LogP contribution in [0.25, 0.3) is 0 Å². The van der Waals surface area contributed by atoms with E-state index in [1.807, 2.05) is 0 Å². The smallest absolute Gasteiger partial charge is 0.306 e. The number of H-pyrrole nitrogens is 1. The lowest BCUT2D eigenvalue weighted by atomic mass is 9.86. The highest BCUT2D eigenvalue weighted by Crippen LogP contribution is 2.26. The zero-order valence-corrected chi connectivity index (χ0v) is 9.85. The summed E-state index contributed by atoms with van der Waals surface area (Å²) in [6.45, 7) is 0. The Hall–Kier alpha value is -2.05. The average molecular weight is 252 g/mol. The first kappa shape index (κ1) is 12.4. The standard InChI is InChI=1S/C11H16N4O3/c12-8-9(13-5-14-10(8)16)15-7-3-1-6(2-4-7)11(17)18/h5-7H,1-4,12H2,(H,17,18)(H2,13,14,15,16). The van der Waals surface area contributed by atoms with Gasteiger partial charge in [0.1, 0.15) is 5.69 Å². The van der Waals surface area contributed by atoms with Crippen LogP contribution in [0.5, 0.6) is 0 Å². The molecule has 0 amide bonds. The van der Waals surface area contributed by atoms with Gasteiger partial charge in [0.05, 0.1) is 12.2 Å². The highest BCUT2D eigenvalue weighted by Gasteiger charge is 2.26. The molecule has 0 atom stereocenters. The number of hydrogen-bond donors (Lipinski definition) is 4. The van der Waals surface area contributed by atoms with Crippen molar-refractivity contribution >= 4 is 17.5 Å². The highest BCUT2D eigenvalue weighted by atomic mass is 16.4. The second kappa shape index (κ2) is 5.07. The number of carbonyl (C=O) groups is 1. The molecule has 18 heavy (non-hydrogen) atoms. The van der Waals surface area contributed by atoms with Crippen LogP contribution in [0.2, 0.25) is 0 Å². The Bertz CT molecular complexity index is 491. The van der Waals surface area contributed by atoms with E-state index in [1.165, 1.54) is 6.33 Å². The van der Waals surface area contributed by atoms with Crippen molar-refractivity contribution in [1.82, 2.24) is 9.97 Å². The van der Waals surface area contributed by atoms with Crippen LogP contribution in [-0.2, 0) is 4.79 Å². The van der Waals surface area contributed by atoms with E-state index in [9.17, 15) is 9.59 Å². The summed E-state index contributed by atoms with van der Waals surface area (Å²) >= 11 is 0. The molecule has 1 aromatic rings. The number of carboxylic acid groups (broad SMARTS) is 1. The van der Waals surface area contributed by atoms with Crippen LogP contribution < -0.4 is 16.6 Å². The summed E-state index contributed by atoms with van der Waals surface area (Å²) in [6.07, 6.45) is 4.05. The lowest BCUT2D eigenvalue weighted by Gasteiger charge is -2.27. The van der Waals surface area contributed by atoms with Gasteiger partial charge in [-0.25, -0.2) is 4.98 Å². The van der Waals surface area contributed by atoms with Crippen molar-refractivity contribution in [1.29, 1.82) is 0 Å². The Balaban J connectivity index is 1.98. The zero-order valence-electron chi connectivity index (χ0n) is 9.85. The van der Waals surface area contributed by atoms with Crippen LogP contribution in [0.4, 0.5) is 11.5 Å². The molecule has 2 rings (SSSR count). The van der Waals surface area contributed by atoms with Crippen molar-refractivity contribution in [2.24, 2.45) is 5.92 Å². The number of carboxylic acids is 1. The van der Waals surface area contributed by atoms with Crippen LogP contribution in [-0.4, -0.2) is 27.1 Å². The number of aromatic amines is 1. The van der Waals surface area contributed by atoms with Crippen LogP contribution in [0.3, 0.4) is 0 Å². The summed E-state index contributed by atoms with van der Waals surface area (Å²) in [5.41, 5.74) is 5.31. The molecule has 0 radical (unpaired) electrons. The monoisotopic (exact) mass is 252 g/mol. The van der Waals surface area contributed by atoms with Crippen molar-refractivity contribution in [2.75, 3.05) is 11.1 Å². The van der Waals surface area contributed by atoms with Gasteiger partial charge in [-0.1, -0.05) is 0 Å². The SMILES string of the molecule is Nc1c(NC2CCC(C(=O)O)CC2)nc[nH]c1=O. The summed E-state index contributed by atoms with van der Waals surface area (Å²) in [5, 5.41) is 12.0. The predicted molar refractivity (Wildman–Crippen MR) is 66.3 cm³/mol. The van der Waals surface area contributed by atoms with Gasteiger partial charge in [-0.05, 0) is 25.7 Å². The van der Waals surface area contributed by atoms with Crippen LogP contribution >= 0.6 is 0 Å². The molecule has 1 fully saturated rings. The molecule has 1 aliphatic rings. The number of aliphatic carboxylic acids is 1. The third-order valence-electron chi connectivity index (χ3n) is 3.31. The van der Waals surface area contributed by atoms with Gasteiger partial charge in [-0.2, -0.15) is 0 Å². The van der Waals surface area contributed by atoms with Gasteiger partial charge in [0.15, 0.2) is 5.82 Å². The van der Waals surface area contributed by atoms with Crippen molar-refractivity contribution < 1.29 is 9.90 Å². The topological polar surface area (TPSA) is 121 Å². The number of nitrogens with one attached hydrogen (secondary N) is 2. The van der Waals surface area contributed by atoms with Gasteiger partial charge in [-0.3, -0.25) is 9.59 Å². The number of nitrogens with zero attached hydrogens (tertiary/aromatic N) is 1. The van der Waals surface area contributed by atoms with E-state index in [2.05, 4.69) is 15.3 Å². The molecule has 0 unspecified atom stereocenters. The van der Waals surface area contributed by atoms with Gasteiger partial charge >= 0.3 is 5.97 Å². The van der Waals surface area contributed by atoms with E-state index in [-0.39, 0.29) is 23.2 Å². The lowest BCUT2D eigenvalue weighted by molar-refractivity contribution is -0.142. The molecule has 5 N–H and O–H groups in total. The van der Waals surface area contributed by atoms with E-state index in [1.54, 1.807) is 0 Å². The van der Waals surface area contributed by atoms with Crippen LogP contribution in [0.15, 0.2) is 11.1 Å². The number of aromatic nitrogens is 2. The van der Waals surface area contributed by atoms with Gasteiger partial charge in [0.2, 0.25) is 0 Å². The summed E-state index contributed by atoms with van der Waals surface area (Å²) in [5.74, 6) is -0.618. The van der Waals surface area contributed by atoms with Gasteiger partial charge in [0, 0.05) is 6.04 Å². The lowest BCUT2D eigenvalue weighted by Crippen LogP contribution is -2.30. The highest BCUT2D eigenvalue weighted by molar-refractivity contribution is 5.70. The number of rotatable bonds is 3. The minimum absolute atomic E-state index is 0.0675. The van der Waals surface area contributed by atoms with E-state index < -0.39 is 5.97 Å². The Morgan fingerprint density at radius 1 is 1.44 bits per heavy atom. The van der Waals surface area contributed by atoms with Crippen LogP contribution in [0.1, 0.15) is 25.7 Å². The second-order valence-corrected chi connectivity index (χ2v) is 4.53. The van der Waals surface area contributed by atoms with Gasteiger partial charge < -0.3 is 21.1 Å². The molecule has 0 spiro atoms. The Morgan fingerprint density at radius 2 is 2.11 bits per heavy atom. The molecule has 1 aliphatic carbocycles. The maximum atomic E-state index is 11.3. The van der Waals surface area contributed by atoms with Crippen molar-refractivity contribution in [3.05, 3.63) is 16.7 Å². The number of nitrogen functional groups attached to an aromatic ring is 1. The zero-order chi connectivity index (χ0) is 13.1. The molecular weight excluding hydrogens is 236 g/mol.